The molecule has 0 radical (unpaired) electrons. The van der Waals surface area contributed by atoms with Gasteiger partial charge < -0.3 is 14.9 Å². The van der Waals surface area contributed by atoms with E-state index in [9.17, 15) is 0 Å². The summed E-state index contributed by atoms with van der Waals surface area (Å²) in [7, 11) is 0. The maximum absolute atomic E-state index is 6.03. The summed E-state index contributed by atoms with van der Waals surface area (Å²) in [6.45, 7) is 0.833. The number of hydrogen-bond donors (Lipinski definition) is 1. The highest BCUT2D eigenvalue weighted by Gasteiger charge is 2.15. The maximum Gasteiger partial charge on any atom is 0.247 e. The summed E-state index contributed by atoms with van der Waals surface area (Å²) in [6.07, 6.45) is 0. The average molecular weight is 295 g/mol. The summed E-state index contributed by atoms with van der Waals surface area (Å²) >= 11 is 0. The predicted molar refractivity (Wildman–Crippen MR) is 82.8 cm³/mol. The highest BCUT2D eigenvalue weighted by Crippen LogP contribution is 2.19. The third-order valence-corrected chi connectivity index (χ3v) is 3.19. The highest BCUT2D eigenvalue weighted by atomic mass is 16.5. The first-order chi connectivity index (χ1) is 10.8. The van der Waals surface area contributed by atoms with Crippen LogP contribution in [0.4, 0.5) is 0 Å². The molecule has 112 valence electrons. The van der Waals surface area contributed by atoms with Crippen LogP contribution in [0.5, 0.6) is 0 Å². The molecule has 5 nitrogen and oxygen atoms in total. The van der Waals surface area contributed by atoms with Crippen molar-refractivity contribution in [2.45, 2.75) is 12.6 Å². The van der Waals surface area contributed by atoms with Gasteiger partial charge in [-0.1, -0.05) is 48.5 Å². The van der Waals surface area contributed by atoms with Crippen molar-refractivity contribution in [2.24, 2.45) is 5.73 Å². The minimum Gasteiger partial charge on any atom is -0.419 e. The number of hydrogen-bond acceptors (Lipinski definition) is 5. The van der Waals surface area contributed by atoms with Gasteiger partial charge in [-0.2, -0.15) is 0 Å². The van der Waals surface area contributed by atoms with Crippen LogP contribution >= 0.6 is 0 Å². The second kappa shape index (κ2) is 6.98. The Kier molecular flexibility index (Phi) is 4.58. The van der Waals surface area contributed by atoms with Gasteiger partial charge in [0.15, 0.2) is 0 Å². The molecule has 5 heteroatoms. The molecule has 0 amide bonds. The lowest BCUT2D eigenvalue weighted by atomic mass is 10.2. The van der Waals surface area contributed by atoms with E-state index < -0.39 is 6.04 Å². The molecule has 0 aliphatic rings. The molecular formula is C17H17N3O2. The average Bonchev–Trinajstić information content (AvgIpc) is 3.07. The standard InChI is InChI=1S/C17H17N3O2/c18-15(12-21-11-13-7-3-1-4-8-13)17-20-19-16(22-17)14-9-5-2-6-10-14/h1-10,15H,11-12,18H2/t15-/m1/s1. The smallest absolute Gasteiger partial charge is 0.247 e. The van der Waals surface area contributed by atoms with E-state index in [0.29, 0.717) is 25.0 Å². The molecule has 0 saturated carbocycles. The van der Waals surface area contributed by atoms with Gasteiger partial charge in [0.25, 0.3) is 0 Å². The van der Waals surface area contributed by atoms with Gasteiger partial charge in [-0.15, -0.1) is 10.2 Å². The first kappa shape index (κ1) is 14.4. The van der Waals surface area contributed by atoms with Crippen molar-refractivity contribution in [3.63, 3.8) is 0 Å². The van der Waals surface area contributed by atoms with Crippen LogP contribution in [0.2, 0.25) is 0 Å². The first-order valence-electron chi connectivity index (χ1n) is 7.09. The summed E-state index contributed by atoms with van der Waals surface area (Å²) < 4.78 is 11.2. The fourth-order valence-corrected chi connectivity index (χ4v) is 2.03. The van der Waals surface area contributed by atoms with E-state index >= 15 is 0 Å². The number of ether oxygens (including phenoxy) is 1. The van der Waals surface area contributed by atoms with Gasteiger partial charge in [-0.05, 0) is 17.7 Å². The SMILES string of the molecule is N[C@H](COCc1ccccc1)c1nnc(-c2ccccc2)o1. The van der Waals surface area contributed by atoms with Gasteiger partial charge in [-0.3, -0.25) is 0 Å². The zero-order valence-electron chi connectivity index (χ0n) is 12.1. The number of aromatic nitrogens is 2. The molecule has 0 spiro atoms. The largest absolute Gasteiger partial charge is 0.419 e. The molecule has 0 aliphatic carbocycles. The Balaban J connectivity index is 1.57. The molecule has 22 heavy (non-hydrogen) atoms. The first-order valence-corrected chi connectivity index (χ1v) is 7.09. The van der Waals surface area contributed by atoms with Crippen LogP contribution in [-0.4, -0.2) is 16.8 Å². The van der Waals surface area contributed by atoms with E-state index in [-0.39, 0.29) is 0 Å². The van der Waals surface area contributed by atoms with Crippen molar-refractivity contribution in [1.29, 1.82) is 0 Å². The molecule has 1 atom stereocenters. The molecule has 3 aromatic rings. The summed E-state index contributed by atoms with van der Waals surface area (Å²) in [6, 6.07) is 19.1. The van der Waals surface area contributed by atoms with Crippen molar-refractivity contribution >= 4 is 0 Å². The Morgan fingerprint density at radius 3 is 2.36 bits per heavy atom. The minimum atomic E-state index is -0.436. The lowest BCUT2D eigenvalue weighted by Crippen LogP contribution is -2.17. The molecule has 0 unspecified atom stereocenters. The number of nitrogens with zero attached hydrogens (tertiary/aromatic N) is 2. The summed E-state index contributed by atoms with van der Waals surface area (Å²) in [4.78, 5) is 0. The van der Waals surface area contributed by atoms with Crippen molar-refractivity contribution in [2.75, 3.05) is 6.61 Å². The van der Waals surface area contributed by atoms with Crippen molar-refractivity contribution in [3.8, 4) is 11.5 Å². The molecule has 2 aromatic carbocycles. The second-order valence-corrected chi connectivity index (χ2v) is 4.92. The lowest BCUT2D eigenvalue weighted by Gasteiger charge is -2.08. The van der Waals surface area contributed by atoms with Crippen LogP contribution in [0.1, 0.15) is 17.5 Å². The molecule has 0 fully saturated rings. The Hall–Kier alpha value is -2.50. The molecular weight excluding hydrogens is 278 g/mol. The van der Waals surface area contributed by atoms with Crippen LogP contribution in [-0.2, 0) is 11.3 Å². The minimum absolute atomic E-state index is 0.325. The number of nitrogens with two attached hydrogens (primary N) is 1. The van der Waals surface area contributed by atoms with E-state index in [2.05, 4.69) is 10.2 Å². The van der Waals surface area contributed by atoms with Crippen LogP contribution in [0, 0.1) is 0 Å². The Morgan fingerprint density at radius 1 is 0.955 bits per heavy atom. The summed E-state index contributed by atoms with van der Waals surface area (Å²) in [5, 5.41) is 8.02. The van der Waals surface area contributed by atoms with E-state index in [1.807, 2.05) is 60.7 Å². The van der Waals surface area contributed by atoms with Crippen molar-refractivity contribution in [3.05, 3.63) is 72.1 Å². The Labute approximate surface area is 128 Å². The molecule has 1 aromatic heterocycles. The van der Waals surface area contributed by atoms with Gasteiger partial charge in [-0.25, -0.2) is 0 Å². The topological polar surface area (TPSA) is 74.2 Å². The second-order valence-electron chi connectivity index (χ2n) is 4.92. The summed E-state index contributed by atoms with van der Waals surface area (Å²) in [5.74, 6) is 0.848. The van der Waals surface area contributed by atoms with Crippen LogP contribution in [0.15, 0.2) is 65.1 Å². The molecule has 2 N–H and O–H groups in total. The Morgan fingerprint density at radius 2 is 1.64 bits per heavy atom. The van der Waals surface area contributed by atoms with Gasteiger partial charge in [0.2, 0.25) is 11.8 Å². The van der Waals surface area contributed by atoms with Gasteiger partial charge >= 0.3 is 0 Å². The van der Waals surface area contributed by atoms with Crippen LogP contribution in [0.3, 0.4) is 0 Å². The van der Waals surface area contributed by atoms with Crippen molar-refractivity contribution < 1.29 is 9.15 Å². The van der Waals surface area contributed by atoms with E-state index in [1.54, 1.807) is 0 Å². The molecule has 3 rings (SSSR count). The third-order valence-electron chi connectivity index (χ3n) is 3.19. The molecule has 0 saturated heterocycles. The fourth-order valence-electron chi connectivity index (χ4n) is 2.03. The van der Waals surface area contributed by atoms with Gasteiger partial charge in [0.1, 0.15) is 6.04 Å². The van der Waals surface area contributed by atoms with Crippen LogP contribution in [0.25, 0.3) is 11.5 Å². The zero-order chi connectivity index (χ0) is 15.2. The lowest BCUT2D eigenvalue weighted by molar-refractivity contribution is 0.102. The maximum atomic E-state index is 6.03. The van der Waals surface area contributed by atoms with Crippen molar-refractivity contribution in [1.82, 2.24) is 10.2 Å². The number of benzene rings is 2. The summed E-state index contributed by atoms with van der Waals surface area (Å²) in [5.41, 5.74) is 8.01. The van der Waals surface area contributed by atoms with E-state index in [0.717, 1.165) is 11.1 Å². The van der Waals surface area contributed by atoms with E-state index in [4.69, 9.17) is 14.9 Å². The normalized spacial score (nSPS) is 12.2. The Bertz CT molecular complexity index is 698. The third kappa shape index (κ3) is 3.58. The van der Waals surface area contributed by atoms with Gasteiger partial charge in [0, 0.05) is 5.56 Å². The number of rotatable bonds is 6. The van der Waals surface area contributed by atoms with Gasteiger partial charge in [0.05, 0.1) is 13.2 Å². The van der Waals surface area contributed by atoms with Crippen LogP contribution < -0.4 is 5.73 Å². The highest BCUT2D eigenvalue weighted by molar-refractivity contribution is 5.51. The van der Waals surface area contributed by atoms with E-state index in [1.165, 1.54) is 0 Å². The quantitative estimate of drug-likeness (QED) is 0.756. The molecule has 1 heterocycles. The zero-order valence-corrected chi connectivity index (χ0v) is 12.1. The fraction of sp³-hybridized carbons (Fsp3) is 0.176. The molecule has 0 bridgehead atoms. The molecule has 0 aliphatic heterocycles. The monoisotopic (exact) mass is 295 g/mol. The predicted octanol–water partition coefficient (Wildman–Crippen LogP) is 2.95.